The van der Waals surface area contributed by atoms with E-state index in [4.69, 9.17) is 32.7 Å². The number of amides is 1. The lowest BCUT2D eigenvalue weighted by Gasteiger charge is -2.11. The monoisotopic (exact) mass is 493 g/mol. The summed E-state index contributed by atoms with van der Waals surface area (Å²) in [7, 11) is 0. The summed E-state index contributed by atoms with van der Waals surface area (Å²) in [5.41, 5.74) is 0.978. The summed E-state index contributed by atoms with van der Waals surface area (Å²) in [5.74, 6) is -0.827. The summed E-state index contributed by atoms with van der Waals surface area (Å²) in [6, 6.07) is 11.2. The number of hydrogen-bond donors (Lipinski definition) is 1. The number of ether oxygens (including phenoxy) is 2. The smallest absolute Gasteiger partial charge is 0.258 e. The van der Waals surface area contributed by atoms with Gasteiger partial charge in [-0.15, -0.1) is 15.3 Å². The van der Waals surface area contributed by atoms with Crippen LogP contribution in [-0.2, 0) is 4.79 Å². The van der Waals surface area contributed by atoms with Gasteiger partial charge in [0.15, 0.2) is 23.8 Å². The fourth-order valence-electron chi connectivity index (χ4n) is 2.86. The maximum absolute atomic E-state index is 13.5. The minimum atomic E-state index is -0.611. The van der Waals surface area contributed by atoms with Gasteiger partial charge in [-0.05, 0) is 30.3 Å². The third-order valence-electron chi connectivity index (χ3n) is 4.31. The van der Waals surface area contributed by atoms with Gasteiger partial charge in [0.1, 0.15) is 18.2 Å². The van der Waals surface area contributed by atoms with Crippen molar-refractivity contribution in [2.45, 2.75) is 0 Å². The SMILES string of the molecule is O=C(COc1c(Cl)cc(F)cc1Cl)NCCOc1ccc2nnc(-c3cccc(F)c3)n2n1. The summed E-state index contributed by atoms with van der Waals surface area (Å²) in [6.45, 7) is -0.0988. The molecule has 2 aromatic heterocycles. The molecule has 0 aliphatic rings. The third kappa shape index (κ3) is 5.47. The molecule has 0 saturated carbocycles. The van der Waals surface area contributed by atoms with E-state index in [9.17, 15) is 13.6 Å². The molecule has 0 unspecified atom stereocenters. The molecule has 170 valence electrons. The van der Waals surface area contributed by atoms with Gasteiger partial charge < -0.3 is 14.8 Å². The van der Waals surface area contributed by atoms with Crippen molar-refractivity contribution in [3.8, 4) is 23.0 Å². The van der Waals surface area contributed by atoms with Crippen molar-refractivity contribution < 1.29 is 23.0 Å². The van der Waals surface area contributed by atoms with Gasteiger partial charge >= 0.3 is 0 Å². The Hall–Kier alpha value is -3.50. The Bertz CT molecular complexity index is 1300. The minimum absolute atomic E-state index is 0.0201. The summed E-state index contributed by atoms with van der Waals surface area (Å²) >= 11 is 11.7. The zero-order chi connectivity index (χ0) is 23.4. The minimum Gasteiger partial charge on any atom is -0.481 e. The summed E-state index contributed by atoms with van der Waals surface area (Å²) in [6.07, 6.45) is 0. The number of benzene rings is 2. The Morgan fingerprint density at radius 2 is 1.79 bits per heavy atom. The highest BCUT2D eigenvalue weighted by Gasteiger charge is 2.13. The zero-order valence-corrected chi connectivity index (χ0v) is 18.3. The highest BCUT2D eigenvalue weighted by atomic mass is 35.5. The molecular weight excluding hydrogens is 479 g/mol. The first-order valence-electron chi connectivity index (χ1n) is 9.56. The zero-order valence-electron chi connectivity index (χ0n) is 16.8. The second-order valence-electron chi connectivity index (χ2n) is 6.66. The average molecular weight is 494 g/mol. The van der Waals surface area contributed by atoms with Crippen molar-refractivity contribution in [3.05, 3.63) is 70.2 Å². The van der Waals surface area contributed by atoms with E-state index in [1.54, 1.807) is 24.3 Å². The van der Waals surface area contributed by atoms with Gasteiger partial charge in [-0.1, -0.05) is 35.3 Å². The lowest BCUT2D eigenvalue weighted by atomic mass is 10.2. The number of hydrogen-bond acceptors (Lipinski definition) is 6. The predicted molar refractivity (Wildman–Crippen MR) is 117 cm³/mol. The molecule has 0 bridgehead atoms. The molecule has 33 heavy (non-hydrogen) atoms. The largest absolute Gasteiger partial charge is 0.481 e. The molecule has 8 nitrogen and oxygen atoms in total. The van der Waals surface area contributed by atoms with Crippen molar-refractivity contribution >= 4 is 34.8 Å². The fourth-order valence-corrected chi connectivity index (χ4v) is 3.43. The molecule has 0 fully saturated rings. The Labute approximate surface area is 196 Å². The molecule has 0 atom stereocenters. The van der Waals surface area contributed by atoms with Crippen molar-refractivity contribution in [1.82, 2.24) is 25.1 Å². The van der Waals surface area contributed by atoms with Crippen molar-refractivity contribution in [3.63, 3.8) is 0 Å². The molecule has 1 N–H and O–H groups in total. The molecule has 12 heteroatoms. The Morgan fingerprint density at radius 3 is 2.55 bits per heavy atom. The first-order valence-corrected chi connectivity index (χ1v) is 10.3. The number of nitrogens with one attached hydrogen (secondary N) is 1. The quantitative estimate of drug-likeness (QED) is 0.373. The summed E-state index contributed by atoms with van der Waals surface area (Å²) in [4.78, 5) is 12.0. The molecule has 1 amide bonds. The third-order valence-corrected chi connectivity index (χ3v) is 4.87. The Kier molecular flexibility index (Phi) is 6.85. The molecule has 0 saturated heterocycles. The van der Waals surface area contributed by atoms with Gasteiger partial charge in [0.25, 0.3) is 5.91 Å². The van der Waals surface area contributed by atoms with Gasteiger partial charge in [-0.3, -0.25) is 4.79 Å². The molecule has 0 aliphatic heterocycles. The van der Waals surface area contributed by atoms with Crippen molar-refractivity contribution in [2.24, 2.45) is 0 Å². The van der Waals surface area contributed by atoms with E-state index in [2.05, 4.69) is 20.6 Å². The topological polar surface area (TPSA) is 90.6 Å². The number of halogens is 4. The number of carbonyl (C=O) groups excluding carboxylic acids is 1. The maximum atomic E-state index is 13.5. The van der Waals surface area contributed by atoms with E-state index in [0.717, 1.165) is 12.1 Å². The van der Waals surface area contributed by atoms with Gasteiger partial charge in [0.2, 0.25) is 5.88 Å². The first-order chi connectivity index (χ1) is 15.9. The molecule has 2 aromatic carbocycles. The predicted octanol–water partition coefficient (Wildman–Crippen LogP) is 3.95. The number of fused-ring (bicyclic) bond motifs is 1. The van der Waals surface area contributed by atoms with Crippen LogP contribution in [0.3, 0.4) is 0 Å². The van der Waals surface area contributed by atoms with Crippen LogP contribution in [0.5, 0.6) is 11.6 Å². The Morgan fingerprint density at radius 1 is 1.00 bits per heavy atom. The van der Waals surface area contributed by atoms with Gasteiger partial charge in [0, 0.05) is 11.6 Å². The Balaban J connectivity index is 1.30. The van der Waals surface area contributed by atoms with E-state index < -0.39 is 17.5 Å². The molecular formula is C21H15Cl2F2N5O3. The van der Waals surface area contributed by atoms with Gasteiger partial charge in [-0.2, -0.15) is 4.52 Å². The second-order valence-corrected chi connectivity index (χ2v) is 7.48. The van der Waals surface area contributed by atoms with E-state index >= 15 is 0 Å². The molecule has 0 radical (unpaired) electrons. The van der Waals surface area contributed by atoms with Crippen LogP contribution in [0.15, 0.2) is 48.5 Å². The van der Waals surface area contributed by atoms with E-state index in [1.165, 1.54) is 16.6 Å². The summed E-state index contributed by atoms with van der Waals surface area (Å²) < 4.78 is 39.0. The van der Waals surface area contributed by atoms with Crippen molar-refractivity contribution in [1.29, 1.82) is 0 Å². The van der Waals surface area contributed by atoms with E-state index in [1.807, 2.05) is 0 Å². The van der Waals surface area contributed by atoms with Crippen LogP contribution in [0.25, 0.3) is 17.0 Å². The molecule has 4 aromatic rings. The molecule has 0 aliphatic carbocycles. The molecule has 4 rings (SSSR count). The normalized spacial score (nSPS) is 10.9. The van der Waals surface area contributed by atoms with Crippen LogP contribution in [0.2, 0.25) is 10.0 Å². The van der Waals surface area contributed by atoms with Gasteiger partial charge in [0.05, 0.1) is 16.6 Å². The maximum Gasteiger partial charge on any atom is 0.258 e. The highest BCUT2D eigenvalue weighted by molar-refractivity contribution is 6.37. The molecule has 2 heterocycles. The van der Waals surface area contributed by atoms with Gasteiger partial charge in [-0.25, -0.2) is 8.78 Å². The van der Waals surface area contributed by atoms with E-state index in [-0.39, 0.29) is 41.4 Å². The van der Waals surface area contributed by atoms with Crippen LogP contribution in [0.1, 0.15) is 0 Å². The number of aromatic nitrogens is 4. The van der Waals surface area contributed by atoms with Crippen LogP contribution in [-0.4, -0.2) is 45.5 Å². The van der Waals surface area contributed by atoms with Crippen LogP contribution in [0, 0.1) is 11.6 Å². The highest BCUT2D eigenvalue weighted by Crippen LogP contribution is 2.33. The number of rotatable bonds is 8. The summed E-state index contributed by atoms with van der Waals surface area (Å²) in [5, 5.41) is 14.9. The second kappa shape index (κ2) is 9.97. The lowest BCUT2D eigenvalue weighted by molar-refractivity contribution is -0.123. The van der Waals surface area contributed by atoms with Crippen LogP contribution >= 0.6 is 23.2 Å². The number of carbonyl (C=O) groups is 1. The van der Waals surface area contributed by atoms with Crippen molar-refractivity contribution in [2.75, 3.05) is 19.8 Å². The number of nitrogens with zero attached hydrogens (tertiary/aromatic N) is 4. The van der Waals surface area contributed by atoms with E-state index in [0.29, 0.717) is 17.0 Å². The standard InChI is InChI=1S/C21H15Cl2F2N5O3/c22-15-9-14(25)10-16(23)20(15)33-11-18(31)26-6-7-32-19-5-4-17-27-28-21(30(17)29-19)12-2-1-3-13(24)8-12/h1-5,8-10H,6-7,11H2,(H,26,31). The fraction of sp³-hybridized carbons (Fsp3) is 0.143. The lowest BCUT2D eigenvalue weighted by Crippen LogP contribution is -2.32. The van der Waals surface area contributed by atoms with Crippen LogP contribution < -0.4 is 14.8 Å². The average Bonchev–Trinajstić information content (AvgIpc) is 3.19. The van der Waals surface area contributed by atoms with Crippen LogP contribution in [0.4, 0.5) is 8.78 Å². The first kappa shape index (κ1) is 22.7. The molecule has 0 spiro atoms.